The average molecular weight is 307 g/mol. The van der Waals surface area contributed by atoms with Crippen LogP contribution in [0.25, 0.3) is 0 Å². The van der Waals surface area contributed by atoms with Crippen molar-refractivity contribution in [3.8, 4) is 5.75 Å². The van der Waals surface area contributed by atoms with Gasteiger partial charge in [-0.25, -0.2) is 4.79 Å². The second-order valence-corrected chi connectivity index (χ2v) is 5.59. The van der Waals surface area contributed by atoms with Crippen LogP contribution in [-0.2, 0) is 5.54 Å². The first-order valence-electron chi connectivity index (χ1n) is 6.77. The van der Waals surface area contributed by atoms with Crippen LogP contribution in [0, 0.1) is 0 Å². The van der Waals surface area contributed by atoms with Crippen molar-refractivity contribution >= 4 is 23.3 Å². The van der Waals surface area contributed by atoms with Gasteiger partial charge in [0, 0.05) is 18.2 Å². The molecule has 2 rings (SSSR count). The number of phenolic OH excluding ortho intramolecular Hbond substituents is 1. The second kappa shape index (κ2) is 5.45. The molecule has 0 bridgehead atoms. The molecule has 1 heterocycles. The molecule has 0 radical (unpaired) electrons. The summed E-state index contributed by atoms with van der Waals surface area (Å²) in [5.41, 5.74) is 1.75. The summed E-state index contributed by atoms with van der Waals surface area (Å²) < 4.78 is 0. The number of aromatic hydroxyl groups is 1. The Morgan fingerprint density at radius 3 is 2.81 bits per heavy atom. The van der Waals surface area contributed by atoms with Gasteiger partial charge in [-0.15, -0.1) is 0 Å². The summed E-state index contributed by atoms with van der Waals surface area (Å²) in [6.45, 7) is 10.1. The first kappa shape index (κ1) is 15.4. The highest BCUT2D eigenvalue weighted by atomic mass is 35.5. The van der Waals surface area contributed by atoms with Crippen molar-refractivity contribution in [1.29, 1.82) is 0 Å². The van der Waals surface area contributed by atoms with Crippen LogP contribution in [0.3, 0.4) is 0 Å². The number of halogens is 1. The molecule has 0 aliphatic carbocycles. The van der Waals surface area contributed by atoms with Gasteiger partial charge in [0.25, 0.3) is 0 Å². The molecule has 1 atom stereocenters. The van der Waals surface area contributed by atoms with Crippen molar-refractivity contribution in [2.24, 2.45) is 0 Å². The van der Waals surface area contributed by atoms with Crippen LogP contribution in [0.4, 0.5) is 10.5 Å². The molecule has 5 heteroatoms. The maximum absolute atomic E-state index is 12.4. The number of hydrogen-bond acceptors (Lipinski definition) is 2. The van der Waals surface area contributed by atoms with Gasteiger partial charge in [-0.05, 0) is 32.4 Å². The van der Waals surface area contributed by atoms with Crippen molar-refractivity contribution in [2.75, 3.05) is 11.9 Å². The third-order valence-electron chi connectivity index (χ3n) is 4.09. The molecule has 0 saturated carbocycles. The number of rotatable bonds is 3. The van der Waals surface area contributed by atoms with Gasteiger partial charge in [0.1, 0.15) is 5.75 Å². The lowest BCUT2D eigenvalue weighted by Gasteiger charge is -2.46. The van der Waals surface area contributed by atoms with Gasteiger partial charge in [-0.2, -0.15) is 0 Å². The Kier molecular flexibility index (Phi) is 4.01. The summed E-state index contributed by atoms with van der Waals surface area (Å²) in [5, 5.41) is 12.8. The standard InChI is InChI=1S/C16H19ClN2O2/c1-5-7-10(3)16(4)11-8-12(17)14(20)9-13(11)18-15(21)19(16)6-2/h5,7-9,20H,1,6H2,2-4H3,(H,18,21). The highest BCUT2D eigenvalue weighted by molar-refractivity contribution is 6.32. The Labute approximate surface area is 129 Å². The molecule has 1 aromatic rings. The summed E-state index contributed by atoms with van der Waals surface area (Å²) in [4.78, 5) is 14.1. The first-order chi connectivity index (χ1) is 9.86. The number of fused-ring (bicyclic) bond motifs is 1. The fourth-order valence-corrected chi connectivity index (χ4v) is 2.99. The van der Waals surface area contributed by atoms with E-state index in [1.807, 2.05) is 26.8 Å². The number of anilines is 1. The molecule has 4 nitrogen and oxygen atoms in total. The lowest BCUT2D eigenvalue weighted by molar-refractivity contribution is 0.156. The molecular weight excluding hydrogens is 288 g/mol. The third kappa shape index (κ3) is 2.29. The molecule has 0 saturated heterocycles. The quantitative estimate of drug-likeness (QED) is 0.820. The van der Waals surface area contributed by atoms with Crippen LogP contribution in [0.5, 0.6) is 5.75 Å². The fraction of sp³-hybridized carbons (Fsp3) is 0.312. The highest BCUT2D eigenvalue weighted by Gasteiger charge is 2.43. The molecule has 1 unspecified atom stereocenters. The molecule has 1 aromatic carbocycles. The largest absolute Gasteiger partial charge is 0.506 e. The molecule has 0 fully saturated rings. The first-order valence-corrected chi connectivity index (χ1v) is 7.15. The van der Waals surface area contributed by atoms with Crippen LogP contribution in [0.15, 0.2) is 36.4 Å². The Morgan fingerprint density at radius 1 is 1.57 bits per heavy atom. The zero-order valence-electron chi connectivity index (χ0n) is 12.4. The van der Waals surface area contributed by atoms with Crippen molar-refractivity contribution in [3.05, 3.63) is 47.0 Å². The predicted molar refractivity (Wildman–Crippen MR) is 85.8 cm³/mol. The Bertz CT molecular complexity index is 639. The van der Waals surface area contributed by atoms with Crippen LogP contribution >= 0.6 is 11.6 Å². The van der Waals surface area contributed by atoms with Crippen LogP contribution < -0.4 is 5.32 Å². The number of likely N-dealkylation sites (N-methyl/N-ethyl adjacent to an activating group) is 1. The minimum atomic E-state index is -0.641. The minimum Gasteiger partial charge on any atom is -0.506 e. The summed E-state index contributed by atoms with van der Waals surface area (Å²) in [7, 11) is 0. The third-order valence-corrected chi connectivity index (χ3v) is 4.39. The zero-order valence-corrected chi connectivity index (χ0v) is 13.2. The summed E-state index contributed by atoms with van der Waals surface area (Å²) >= 11 is 6.06. The van der Waals surface area contributed by atoms with E-state index in [-0.39, 0.29) is 16.8 Å². The summed E-state index contributed by atoms with van der Waals surface area (Å²) in [6.07, 6.45) is 3.58. The number of benzene rings is 1. The fourth-order valence-electron chi connectivity index (χ4n) is 2.82. The van der Waals surface area contributed by atoms with E-state index in [9.17, 15) is 9.90 Å². The predicted octanol–water partition coefficient (Wildman–Crippen LogP) is 4.26. The Balaban J connectivity index is 2.76. The van der Waals surface area contributed by atoms with Gasteiger partial charge in [-0.1, -0.05) is 30.3 Å². The molecule has 0 aromatic heterocycles. The molecule has 112 valence electrons. The van der Waals surface area contributed by atoms with Gasteiger partial charge in [-0.3, -0.25) is 0 Å². The van der Waals surface area contributed by atoms with Gasteiger partial charge >= 0.3 is 6.03 Å². The van der Waals surface area contributed by atoms with Gasteiger partial charge < -0.3 is 15.3 Å². The molecule has 0 spiro atoms. The average Bonchev–Trinajstić information content (AvgIpc) is 2.42. The van der Waals surface area contributed by atoms with E-state index >= 15 is 0 Å². The lowest BCUT2D eigenvalue weighted by atomic mass is 9.80. The number of urea groups is 1. The van der Waals surface area contributed by atoms with Crippen molar-refractivity contribution < 1.29 is 9.90 Å². The normalized spacial score (nSPS) is 21.8. The maximum Gasteiger partial charge on any atom is 0.322 e. The van der Waals surface area contributed by atoms with E-state index in [1.54, 1.807) is 17.0 Å². The minimum absolute atomic E-state index is 0.0478. The van der Waals surface area contributed by atoms with Crippen LogP contribution in [-0.4, -0.2) is 22.6 Å². The lowest BCUT2D eigenvalue weighted by Crippen LogP contribution is -2.53. The molecule has 2 N–H and O–H groups in total. The van der Waals surface area contributed by atoms with Gasteiger partial charge in [0.05, 0.1) is 16.2 Å². The number of nitrogens with one attached hydrogen (secondary N) is 1. The molecule has 2 amide bonds. The molecule has 1 aliphatic rings. The van der Waals surface area contributed by atoms with Crippen LogP contribution in [0.2, 0.25) is 5.02 Å². The van der Waals surface area contributed by atoms with E-state index < -0.39 is 5.54 Å². The number of nitrogens with zero attached hydrogens (tertiary/aromatic N) is 1. The number of allylic oxidation sites excluding steroid dienone is 2. The monoisotopic (exact) mass is 306 g/mol. The van der Waals surface area contributed by atoms with E-state index in [1.165, 1.54) is 6.07 Å². The molecule has 1 aliphatic heterocycles. The number of carbonyl (C=O) groups is 1. The van der Waals surface area contributed by atoms with E-state index in [4.69, 9.17) is 11.6 Å². The Hall–Kier alpha value is -1.94. The number of carbonyl (C=O) groups excluding carboxylic acids is 1. The Morgan fingerprint density at radius 2 is 2.24 bits per heavy atom. The SMILES string of the molecule is C=CC=C(C)C1(C)c2cc(Cl)c(O)cc2NC(=O)N1CC. The number of amides is 2. The smallest absolute Gasteiger partial charge is 0.322 e. The van der Waals surface area contributed by atoms with Gasteiger partial charge in [0.2, 0.25) is 0 Å². The van der Waals surface area contributed by atoms with E-state index in [0.717, 1.165) is 11.1 Å². The van der Waals surface area contributed by atoms with Crippen molar-refractivity contribution in [2.45, 2.75) is 26.3 Å². The zero-order chi connectivity index (χ0) is 15.8. The topological polar surface area (TPSA) is 52.6 Å². The summed E-state index contributed by atoms with van der Waals surface area (Å²) in [5.74, 6) is -0.0478. The van der Waals surface area contributed by atoms with Crippen molar-refractivity contribution in [3.63, 3.8) is 0 Å². The summed E-state index contributed by atoms with van der Waals surface area (Å²) in [6, 6.07) is 2.99. The second-order valence-electron chi connectivity index (χ2n) is 5.18. The van der Waals surface area contributed by atoms with E-state index in [0.29, 0.717) is 12.2 Å². The number of phenols is 1. The van der Waals surface area contributed by atoms with Crippen molar-refractivity contribution in [1.82, 2.24) is 4.90 Å². The highest BCUT2D eigenvalue weighted by Crippen LogP contribution is 2.45. The van der Waals surface area contributed by atoms with E-state index in [2.05, 4.69) is 11.9 Å². The molecule has 21 heavy (non-hydrogen) atoms. The molecular formula is C16H19ClN2O2. The van der Waals surface area contributed by atoms with Crippen LogP contribution in [0.1, 0.15) is 26.3 Å². The van der Waals surface area contributed by atoms with Gasteiger partial charge in [0.15, 0.2) is 0 Å². The maximum atomic E-state index is 12.4. The number of hydrogen-bond donors (Lipinski definition) is 2.